The highest BCUT2D eigenvalue weighted by Gasteiger charge is 2.48. The van der Waals surface area contributed by atoms with Crippen LogP contribution in [0.3, 0.4) is 0 Å². The SMILES string of the molecule is COc1ccc(C2NNC3CC4NC(=O)N([C@H]5CCCN(Cc6ccc(F)cc6F)C5)CC4CC32)cn1. The van der Waals surface area contributed by atoms with Crippen molar-refractivity contribution in [2.24, 2.45) is 11.8 Å². The molecule has 2 aromatic rings. The molecule has 0 radical (unpaired) electrons. The number of urea groups is 1. The number of hydrogen-bond acceptors (Lipinski definition) is 6. The molecule has 1 aliphatic carbocycles. The van der Waals surface area contributed by atoms with Crippen LogP contribution in [0.4, 0.5) is 13.6 Å². The number of nitrogens with one attached hydrogen (secondary N) is 3. The van der Waals surface area contributed by atoms with Crippen LogP contribution in [0.15, 0.2) is 36.5 Å². The molecule has 1 aromatic heterocycles. The molecule has 3 saturated heterocycles. The fourth-order valence-corrected chi connectivity index (χ4v) is 6.77. The van der Waals surface area contributed by atoms with Crippen LogP contribution in [0.5, 0.6) is 5.88 Å². The maximum absolute atomic E-state index is 14.2. The molecular formula is C27H34F2N6O2. The largest absolute Gasteiger partial charge is 0.481 e. The van der Waals surface area contributed by atoms with E-state index >= 15 is 0 Å². The van der Waals surface area contributed by atoms with Crippen LogP contribution in [0.25, 0.3) is 0 Å². The Balaban J connectivity index is 1.12. The average Bonchev–Trinajstić information content (AvgIpc) is 3.31. The number of pyridine rings is 1. The monoisotopic (exact) mass is 512 g/mol. The van der Waals surface area contributed by atoms with Crippen molar-refractivity contribution in [1.82, 2.24) is 31.0 Å². The molecule has 8 nitrogen and oxygen atoms in total. The van der Waals surface area contributed by atoms with Gasteiger partial charge in [-0.05, 0) is 55.7 Å². The van der Waals surface area contributed by atoms with Gasteiger partial charge >= 0.3 is 6.03 Å². The minimum atomic E-state index is -0.565. The van der Waals surface area contributed by atoms with Gasteiger partial charge in [0.25, 0.3) is 0 Å². The van der Waals surface area contributed by atoms with Gasteiger partial charge < -0.3 is 15.0 Å². The first-order chi connectivity index (χ1) is 18.0. The zero-order valence-corrected chi connectivity index (χ0v) is 21.0. The van der Waals surface area contributed by atoms with Gasteiger partial charge in [-0.25, -0.2) is 24.0 Å². The predicted octanol–water partition coefficient (Wildman–Crippen LogP) is 2.97. The van der Waals surface area contributed by atoms with Crippen LogP contribution in [0.2, 0.25) is 0 Å². The molecule has 6 atom stereocenters. The number of rotatable bonds is 5. The Morgan fingerprint density at radius 3 is 2.78 bits per heavy atom. The fourth-order valence-electron chi connectivity index (χ4n) is 6.77. The summed E-state index contributed by atoms with van der Waals surface area (Å²) in [5.41, 5.74) is 8.55. The number of fused-ring (bicyclic) bond motifs is 2. The number of amides is 2. The van der Waals surface area contributed by atoms with Crippen LogP contribution in [0, 0.1) is 23.5 Å². The number of benzene rings is 1. The minimum absolute atomic E-state index is 0.00127. The normalized spacial score (nSPS) is 32.0. The topological polar surface area (TPSA) is 81.8 Å². The molecule has 10 heteroatoms. The van der Waals surface area contributed by atoms with Gasteiger partial charge in [0.15, 0.2) is 0 Å². The van der Waals surface area contributed by atoms with Crippen molar-refractivity contribution in [3.63, 3.8) is 0 Å². The summed E-state index contributed by atoms with van der Waals surface area (Å²) in [6.45, 7) is 2.68. The van der Waals surface area contributed by atoms with E-state index in [1.807, 2.05) is 17.2 Å². The van der Waals surface area contributed by atoms with E-state index in [4.69, 9.17) is 4.74 Å². The van der Waals surface area contributed by atoms with E-state index in [0.29, 0.717) is 36.4 Å². The molecule has 1 saturated carbocycles. The summed E-state index contributed by atoms with van der Waals surface area (Å²) >= 11 is 0. The van der Waals surface area contributed by atoms with Crippen LogP contribution in [0.1, 0.15) is 42.9 Å². The van der Waals surface area contributed by atoms with E-state index in [1.54, 1.807) is 7.11 Å². The number of carbonyl (C=O) groups is 1. The molecule has 0 bridgehead atoms. The summed E-state index contributed by atoms with van der Waals surface area (Å²) in [4.78, 5) is 21.8. The van der Waals surface area contributed by atoms with Gasteiger partial charge in [-0.1, -0.05) is 12.1 Å². The summed E-state index contributed by atoms with van der Waals surface area (Å²) in [6, 6.07) is 8.40. The smallest absolute Gasteiger partial charge is 0.317 e. The number of ether oxygens (including phenoxy) is 1. The first-order valence-corrected chi connectivity index (χ1v) is 13.2. The molecular weight excluding hydrogens is 478 g/mol. The van der Waals surface area contributed by atoms with E-state index in [2.05, 4.69) is 32.1 Å². The zero-order valence-electron chi connectivity index (χ0n) is 21.0. The molecule has 37 heavy (non-hydrogen) atoms. The molecule has 2 amide bonds. The number of carbonyl (C=O) groups excluding carboxylic acids is 1. The van der Waals surface area contributed by atoms with E-state index in [1.165, 1.54) is 12.1 Å². The van der Waals surface area contributed by atoms with Gasteiger partial charge in [0.2, 0.25) is 5.88 Å². The number of hydrazine groups is 1. The van der Waals surface area contributed by atoms with Crippen molar-refractivity contribution in [3.8, 4) is 5.88 Å². The Labute approximate surface area is 215 Å². The lowest BCUT2D eigenvalue weighted by molar-refractivity contribution is 0.0521. The van der Waals surface area contributed by atoms with Gasteiger partial charge in [-0.2, -0.15) is 0 Å². The van der Waals surface area contributed by atoms with E-state index < -0.39 is 11.6 Å². The first-order valence-electron chi connectivity index (χ1n) is 13.2. The van der Waals surface area contributed by atoms with Crippen LogP contribution in [-0.2, 0) is 6.54 Å². The lowest BCUT2D eigenvalue weighted by Crippen LogP contribution is -2.64. The maximum atomic E-state index is 14.2. The Morgan fingerprint density at radius 1 is 1.11 bits per heavy atom. The van der Waals surface area contributed by atoms with Gasteiger partial charge in [-0.3, -0.25) is 10.3 Å². The second-order valence-corrected chi connectivity index (χ2v) is 10.9. The van der Waals surface area contributed by atoms with Crippen molar-refractivity contribution in [3.05, 3.63) is 59.3 Å². The number of likely N-dealkylation sites (tertiary alicyclic amines) is 1. The number of methoxy groups -OCH3 is 1. The summed E-state index contributed by atoms with van der Waals surface area (Å²) in [5.74, 6) is 0.282. The third kappa shape index (κ3) is 4.89. The zero-order chi connectivity index (χ0) is 25.5. The third-order valence-electron chi connectivity index (χ3n) is 8.68. The maximum Gasteiger partial charge on any atom is 0.317 e. The summed E-state index contributed by atoms with van der Waals surface area (Å²) in [7, 11) is 1.62. The Bertz CT molecular complexity index is 1130. The van der Waals surface area contributed by atoms with Crippen molar-refractivity contribution >= 4 is 6.03 Å². The van der Waals surface area contributed by atoms with Gasteiger partial charge in [0.05, 0.1) is 13.2 Å². The van der Waals surface area contributed by atoms with Gasteiger partial charge in [-0.15, -0.1) is 0 Å². The summed E-state index contributed by atoms with van der Waals surface area (Å²) < 4.78 is 32.8. The molecule has 4 aliphatic rings. The van der Waals surface area contributed by atoms with Gasteiger partial charge in [0.1, 0.15) is 11.6 Å². The Kier molecular flexibility index (Phi) is 6.73. The summed E-state index contributed by atoms with van der Waals surface area (Å²) in [6.07, 6.45) is 5.64. The lowest BCUT2D eigenvalue weighted by atomic mass is 9.71. The van der Waals surface area contributed by atoms with Crippen LogP contribution >= 0.6 is 0 Å². The number of halogens is 2. The van der Waals surface area contributed by atoms with Crippen molar-refractivity contribution < 1.29 is 18.3 Å². The highest BCUT2D eigenvalue weighted by Crippen LogP contribution is 2.42. The third-order valence-corrected chi connectivity index (χ3v) is 8.68. The van der Waals surface area contributed by atoms with Crippen molar-refractivity contribution in [2.45, 2.75) is 56.4 Å². The lowest BCUT2D eigenvalue weighted by Gasteiger charge is -2.49. The molecule has 5 unspecified atom stereocenters. The second-order valence-electron chi connectivity index (χ2n) is 10.9. The summed E-state index contributed by atoms with van der Waals surface area (Å²) in [5, 5.41) is 3.30. The number of piperidine rings is 1. The fraction of sp³-hybridized carbons (Fsp3) is 0.556. The predicted molar refractivity (Wildman–Crippen MR) is 133 cm³/mol. The van der Waals surface area contributed by atoms with E-state index in [0.717, 1.165) is 50.4 Å². The molecule has 4 heterocycles. The number of hydrogen-bond donors (Lipinski definition) is 3. The molecule has 0 spiro atoms. The van der Waals surface area contributed by atoms with E-state index in [-0.39, 0.29) is 30.2 Å². The number of nitrogens with zero attached hydrogens (tertiary/aromatic N) is 3. The minimum Gasteiger partial charge on any atom is -0.481 e. The Morgan fingerprint density at radius 2 is 2.00 bits per heavy atom. The standard InChI is InChI=1S/C27H34F2N6O2/c1-37-25-7-5-16(12-30-25)26-21-9-18-14-35(27(36)31-23(18)11-24(21)32-33-26)20-3-2-8-34(15-20)13-17-4-6-19(28)10-22(17)29/h4-7,10,12,18,20-21,23-24,26,32-33H,2-3,8-9,11,13-15H2,1H3,(H,31,36)/t18?,20-,21?,23?,24?,26?/m0/s1. The van der Waals surface area contributed by atoms with E-state index in [9.17, 15) is 13.6 Å². The highest BCUT2D eigenvalue weighted by atomic mass is 19.1. The molecule has 1 aromatic carbocycles. The molecule has 6 rings (SSSR count). The quantitative estimate of drug-likeness (QED) is 0.572. The van der Waals surface area contributed by atoms with Crippen LogP contribution in [-0.4, -0.2) is 65.7 Å². The van der Waals surface area contributed by atoms with Crippen LogP contribution < -0.4 is 20.9 Å². The molecule has 198 valence electrons. The second kappa shape index (κ2) is 10.2. The van der Waals surface area contributed by atoms with Crippen molar-refractivity contribution in [1.29, 1.82) is 0 Å². The molecule has 3 aliphatic heterocycles. The average molecular weight is 513 g/mol. The van der Waals surface area contributed by atoms with Gasteiger partial charge in [0, 0.05) is 61.7 Å². The van der Waals surface area contributed by atoms with Crippen molar-refractivity contribution in [2.75, 3.05) is 26.7 Å². The molecule has 3 N–H and O–H groups in total. The highest BCUT2D eigenvalue weighted by molar-refractivity contribution is 5.76. The number of aromatic nitrogens is 1. The first kappa shape index (κ1) is 24.5. The Hall–Kier alpha value is -2.82. The molecule has 4 fully saturated rings.